The minimum absolute atomic E-state index is 0.00170. The molecule has 0 atom stereocenters. The number of ether oxygens (including phenoxy) is 2. The average Bonchev–Trinajstić information content (AvgIpc) is 2.82. The van der Waals surface area contributed by atoms with Gasteiger partial charge in [-0.05, 0) is 36.4 Å². The van der Waals surface area contributed by atoms with Crippen LogP contribution in [0.5, 0.6) is 5.75 Å². The third-order valence-electron chi connectivity index (χ3n) is 4.50. The van der Waals surface area contributed by atoms with E-state index in [9.17, 15) is 24.5 Å². The third kappa shape index (κ3) is 5.72. The molecule has 0 radical (unpaired) electrons. The van der Waals surface area contributed by atoms with Crippen LogP contribution in [0, 0.1) is 10.1 Å². The molecular formula is C23H17ClN2O7. The largest absolute Gasteiger partial charge is 0.494 e. The summed E-state index contributed by atoms with van der Waals surface area (Å²) in [7, 11) is 1.30. The van der Waals surface area contributed by atoms with Crippen molar-refractivity contribution in [2.75, 3.05) is 19.0 Å². The molecular weight excluding hydrogens is 452 g/mol. The Morgan fingerprint density at radius 3 is 2.30 bits per heavy atom. The van der Waals surface area contributed by atoms with E-state index in [2.05, 4.69) is 5.32 Å². The average molecular weight is 469 g/mol. The van der Waals surface area contributed by atoms with Crippen molar-refractivity contribution in [2.24, 2.45) is 0 Å². The highest BCUT2D eigenvalue weighted by Crippen LogP contribution is 2.29. The van der Waals surface area contributed by atoms with Gasteiger partial charge in [0.05, 0.1) is 29.4 Å². The SMILES string of the molecule is COc1cc([N+](=O)[O-])ccc1NC(=O)COC(=O)c1ccccc1C(=O)c1ccc(Cl)cc1. The van der Waals surface area contributed by atoms with E-state index in [1.165, 1.54) is 43.5 Å². The maximum Gasteiger partial charge on any atom is 0.339 e. The van der Waals surface area contributed by atoms with Gasteiger partial charge in [-0.25, -0.2) is 4.79 Å². The maximum absolute atomic E-state index is 12.8. The molecule has 0 aliphatic carbocycles. The van der Waals surface area contributed by atoms with Gasteiger partial charge in [-0.2, -0.15) is 0 Å². The summed E-state index contributed by atoms with van der Waals surface area (Å²) >= 11 is 5.85. The zero-order chi connectivity index (χ0) is 24.0. The quantitative estimate of drug-likeness (QED) is 0.226. The summed E-state index contributed by atoms with van der Waals surface area (Å²) < 4.78 is 10.1. The summed E-state index contributed by atoms with van der Waals surface area (Å²) in [6.07, 6.45) is 0. The van der Waals surface area contributed by atoms with E-state index in [4.69, 9.17) is 21.1 Å². The highest BCUT2D eigenvalue weighted by molar-refractivity contribution is 6.30. The molecule has 33 heavy (non-hydrogen) atoms. The minimum atomic E-state index is -0.862. The number of rotatable bonds is 8. The Kier molecular flexibility index (Phi) is 7.37. The molecule has 0 spiro atoms. The molecule has 0 saturated heterocycles. The first-order valence-corrected chi connectivity index (χ1v) is 9.86. The number of amides is 1. The lowest BCUT2D eigenvalue weighted by Gasteiger charge is -2.11. The lowest BCUT2D eigenvalue weighted by molar-refractivity contribution is -0.384. The van der Waals surface area contributed by atoms with Gasteiger partial charge in [0.2, 0.25) is 0 Å². The van der Waals surface area contributed by atoms with E-state index < -0.39 is 29.2 Å². The lowest BCUT2D eigenvalue weighted by atomic mass is 9.98. The Balaban J connectivity index is 1.69. The molecule has 0 heterocycles. The third-order valence-corrected chi connectivity index (χ3v) is 4.75. The number of carbonyl (C=O) groups excluding carboxylic acids is 3. The van der Waals surface area contributed by atoms with Crippen molar-refractivity contribution in [2.45, 2.75) is 0 Å². The fourth-order valence-electron chi connectivity index (χ4n) is 2.91. The van der Waals surface area contributed by atoms with E-state index in [-0.39, 0.29) is 28.3 Å². The second kappa shape index (κ2) is 10.4. The predicted molar refractivity (Wildman–Crippen MR) is 120 cm³/mol. The zero-order valence-corrected chi connectivity index (χ0v) is 18.0. The van der Waals surface area contributed by atoms with Crippen molar-refractivity contribution in [3.8, 4) is 5.75 Å². The van der Waals surface area contributed by atoms with Gasteiger partial charge in [0.15, 0.2) is 12.4 Å². The van der Waals surface area contributed by atoms with Crippen molar-refractivity contribution in [3.63, 3.8) is 0 Å². The topological polar surface area (TPSA) is 125 Å². The standard InChI is InChI=1S/C23H17ClN2O7/c1-32-20-12-16(26(30)31)10-11-19(20)25-21(27)13-33-23(29)18-5-3-2-4-17(18)22(28)14-6-8-15(24)9-7-14/h2-12H,13H2,1H3,(H,25,27). The van der Waals surface area contributed by atoms with Crippen LogP contribution in [0.3, 0.4) is 0 Å². The van der Waals surface area contributed by atoms with Gasteiger partial charge in [0, 0.05) is 22.2 Å². The van der Waals surface area contributed by atoms with E-state index in [1.807, 2.05) is 0 Å². The van der Waals surface area contributed by atoms with E-state index in [0.29, 0.717) is 10.6 Å². The number of non-ortho nitro benzene ring substituents is 1. The van der Waals surface area contributed by atoms with Gasteiger partial charge in [-0.15, -0.1) is 0 Å². The number of methoxy groups -OCH3 is 1. The molecule has 10 heteroatoms. The molecule has 0 saturated carbocycles. The number of carbonyl (C=O) groups is 3. The second-order valence-corrected chi connectivity index (χ2v) is 7.08. The predicted octanol–water partition coefficient (Wildman–Crippen LogP) is 4.28. The van der Waals surface area contributed by atoms with E-state index in [0.717, 1.165) is 6.07 Å². The first-order chi connectivity index (χ1) is 15.8. The van der Waals surface area contributed by atoms with E-state index in [1.54, 1.807) is 24.3 Å². The number of anilines is 1. The Labute approximate surface area is 193 Å². The van der Waals surface area contributed by atoms with Crippen molar-refractivity contribution >= 4 is 40.6 Å². The molecule has 0 fully saturated rings. The van der Waals surface area contributed by atoms with Crippen molar-refractivity contribution < 1.29 is 28.8 Å². The van der Waals surface area contributed by atoms with Crippen LogP contribution in [0.25, 0.3) is 0 Å². The van der Waals surface area contributed by atoms with Crippen molar-refractivity contribution in [1.29, 1.82) is 0 Å². The summed E-state index contributed by atoms with van der Waals surface area (Å²) in [5.41, 5.74) is 0.406. The van der Waals surface area contributed by atoms with Gasteiger partial charge in [0.1, 0.15) is 5.75 Å². The fraction of sp³-hybridized carbons (Fsp3) is 0.0870. The monoisotopic (exact) mass is 468 g/mol. The van der Waals surface area contributed by atoms with E-state index >= 15 is 0 Å². The van der Waals surface area contributed by atoms with Crippen LogP contribution < -0.4 is 10.1 Å². The Morgan fingerprint density at radius 2 is 1.67 bits per heavy atom. The summed E-state index contributed by atoms with van der Waals surface area (Å²) in [6.45, 7) is -0.650. The molecule has 3 aromatic carbocycles. The Bertz CT molecular complexity index is 1230. The highest BCUT2D eigenvalue weighted by Gasteiger charge is 2.20. The van der Waals surface area contributed by atoms with Crippen LogP contribution in [0.1, 0.15) is 26.3 Å². The maximum atomic E-state index is 12.8. The van der Waals surface area contributed by atoms with Crippen LogP contribution in [0.4, 0.5) is 11.4 Å². The lowest BCUT2D eigenvalue weighted by Crippen LogP contribution is -2.22. The molecule has 1 N–H and O–H groups in total. The fourth-order valence-corrected chi connectivity index (χ4v) is 3.03. The molecule has 168 valence electrons. The molecule has 9 nitrogen and oxygen atoms in total. The van der Waals surface area contributed by atoms with Crippen LogP contribution in [0.2, 0.25) is 5.02 Å². The number of benzene rings is 3. The number of hydrogen-bond donors (Lipinski definition) is 1. The number of nitrogens with one attached hydrogen (secondary N) is 1. The summed E-state index contributed by atoms with van der Waals surface area (Å²) in [5.74, 6) is -1.89. The van der Waals surface area contributed by atoms with Crippen LogP contribution >= 0.6 is 11.6 Å². The smallest absolute Gasteiger partial charge is 0.339 e. The normalized spacial score (nSPS) is 10.2. The van der Waals surface area contributed by atoms with Gasteiger partial charge < -0.3 is 14.8 Å². The van der Waals surface area contributed by atoms with Crippen LogP contribution in [-0.4, -0.2) is 36.3 Å². The summed E-state index contributed by atoms with van der Waals surface area (Å²) in [5, 5.41) is 13.8. The van der Waals surface area contributed by atoms with Gasteiger partial charge in [-0.3, -0.25) is 19.7 Å². The summed E-state index contributed by atoms with van der Waals surface area (Å²) in [4.78, 5) is 47.9. The first-order valence-electron chi connectivity index (χ1n) is 9.49. The number of hydrogen-bond acceptors (Lipinski definition) is 7. The minimum Gasteiger partial charge on any atom is -0.494 e. The van der Waals surface area contributed by atoms with Crippen LogP contribution in [-0.2, 0) is 9.53 Å². The molecule has 0 aromatic heterocycles. The van der Waals surface area contributed by atoms with Gasteiger partial charge >= 0.3 is 5.97 Å². The number of esters is 1. The zero-order valence-electron chi connectivity index (χ0n) is 17.2. The Hall–Kier alpha value is -4.24. The molecule has 1 amide bonds. The molecule has 0 aliphatic heterocycles. The molecule has 0 aliphatic rings. The number of nitrogens with zero attached hydrogens (tertiary/aromatic N) is 1. The number of nitro groups is 1. The second-order valence-electron chi connectivity index (χ2n) is 6.65. The number of nitro benzene ring substituents is 1. The van der Waals surface area contributed by atoms with Crippen molar-refractivity contribution in [1.82, 2.24) is 0 Å². The number of halogens is 1. The first kappa shape index (κ1) is 23.4. The van der Waals surface area contributed by atoms with Crippen molar-refractivity contribution in [3.05, 3.63) is 98.6 Å². The Morgan fingerprint density at radius 1 is 1.00 bits per heavy atom. The molecule has 0 bridgehead atoms. The van der Waals surface area contributed by atoms with Gasteiger partial charge in [-0.1, -0.05) is 29.8 Å². The molecule has 3 rings (SSSR count). The molecule has 0 unspecified atom stereocenters. The highest BCUT2D eigenvalue weighted by atomic mass is 35.5. The molecule has 3 aromatic rings. The van der Waals surface area contributed by atoms with Gasteiger partial charge in [0.25, 0.3) is 11.6 Å². The van der Waals surface area contributed by atoms with Crippen LogP contribution in [0.15, 0.2) is 66.7 Å². The number of ketones is 1. The summed E-state index contributed by atoms with van der Waals surface area (Å²) in [6, 6.07) is 15.9.